The van der Waals surface area contributed by atoms with Gasteiger partial charge in [-0.2, -0.15) is 0 Å². The molecule has 0 fully saturated rings. The van der Waals surface area contributed by atoms with E-state index in [-0.39, 0.29) is 18.4 Å². The highest BCUT2D eigenvalue weighted by Crippen LogP contribution is 2.34. The Balaban J connectivity index is 1.52. The van der Waals surface area contributed by atoms with Crippen molar-refractivity contribution in [2.24, 2.45) is 0 Å². The molecule has 36 heavy (non-hydrogen) atoms. The summed E-state index contributed by atoms with van der Waals surface area (Å²) in [6.45, 7) is 6.36. The Hall–Kier alpha value is -3.76. The smallest absolute Gasteiger partial charge is 0.252 e. The van der Waals surface area contributed by atoms with E-state index in [1.54, 1.807) is 11.8 Å². The zero-order chi connectivity index (χ0) is 25.1. The van der Waals surface area contributed by atoms with Gasteiger partial charge in [-0.15, -0.1) is 5.10 Å². The van der Waals surface area contributed by atoms with Gasteiger partial charge >= 0.3 is 0 Å². The average Bonchev–Trinajstić information content (AvgIpc) is 3.53. The number of rotatable bonds is 10. The molecular formula is C26H30N6O4. The molecule has 3 heterocycles. The first-order chi connectivity index (χ1) is 17.6. The van der Waals surface area contributed by atoms with Gasteiger partial charge < -0.3 is 19.2 Å². The molecule has 1 unspecified atom stereocenters. The lowest BCUT2D eigenvalue weighted by Crippen LogP contribution is -2.32. The molecule has 0 amide bonds. The van der Waals surface area contributed by atoms with Crippen LogP contribution in [0.4, 0.5) is 0 Å². The van der Waals surface area contributed by atoms with Gasteiger partial charge in [-0.25, -0.2) is 4.68 Å². The number of methoxy groups -OCH3 is 1. The summed E-state index contributed by atoms with van der Waals surface area (Å²) in [4.78, 5) is 18.4. The second-order valence-corrected chi connectivity index (χ2v) is 8.98. The zero-order valence-electron chi connectivity index (χ0n) is 20.7. The number of ether oxygens (including phenoxy) is 3. The zero-order valence-corrected chi connectivity index (χ0v) is 20.7. The Morgan fingerprint density at radius 1 is 1.14 bits per heavy atom. The van der Waals surface area contributed by atoms with Crippen molar-refractivity contribution in [1.82, 2.24) is 30.1 Å². The highest BCUT2D eigenvalue weighted by molar-refractivity contribution is 5.79. The van der Waals surface area contributed by atoms with E-state index in [4.69, 9.17) is 14.2 Å². The Morgan fingerprint density at radius 3 is 2.83 bits per heavy atom. The number of aryl methyl sites for hydroxylation is 1. The third-order valence-electron chi connectivity index (χ3n) is 6.47. The van der Waals surface area contributed by atoms with Crippen LogP contribution >= 0.6 is 0 Å². The maximum atomic E-state index is 13.1. The van der Waals surface area contributed by atoms with E-state index < -0.39 is 0 Å². The number of hydrogen-bond acceptors (Lipinski definition) is 8. The van der Waals surface area contributed by atoms with Crippen LogP contribution in [0, 0.1) is 6.92 Å². The standard InChI is InChI=1S/C26H30N6O4/c1-4-22(25-28-29-30-32(25)9-10-34-3)31(14-18-6-8-23-24(12-18)36-16-35-23)15-20-13-19-7-5-17(2)11-21(19)27-26(20)33/h5-8,11-13,22H,4,9-10,14-16H2,1-3H3,(H,27,33). The predicted molar refractivity (Wildman–Crippen MR) is 134 cm³/mol. The molecule has 10 heteroatoms. The summed E-state index contributed by atoms with van der Waals surface area (Å²) in [5, 5.41) is 13.5. The van der Waals surface area contributed by atoms with Crippen molar-refractivity contribution in [3.63, 3.8) is 0 Å². The molecule has 0 aliphatic carbocycles. The van der Waals surface area contributed by atoms with Crippen molar-refractivity contribution in [2.75, 3.05) is 20.5 Å². The molecule has 5 rings (SSSR count). The van der Waals surface area contributed by atoms with Crippen LogP contribution in [0.15, 0.2) is 47.3 Å². The minimum atomic E-state index is -0.129. The SMILES string of the molecule is CCC(c1nnnn1CCOC)N(Cc1ccc2c(c1)OCO2)Cc1cc2ccc(C)cc2[nH]c1=O. The van der Waals surface area contributed by atoms with Crippen LogP contribution in [0.1, 0.15) is 41.9 Å². The van der Waals surface area contributed by atoms with Gasteiger partial charge in [-0.05, 0) is 64.5 Å². The fraction of sp³-hybridized carbons (Fsp3) is 0.385. The Labute approximate surface area is 208 Å². The summed E-state index contributed by atoms with van der Waals surface area (Å²) in [6.07, 6.45) is 0.753. The minimum Gasteiger partial charge on any atom is -0.454 e. The molecule has 1 atom stereocenters. The van der Waals surface area contributed by atoms with Crippen LogP contribution in [0.3, 0.4) is 0 Å². The maximum Gasteiger partial charge on any atom is 0.252 e. The monoisotopic (exact) mass is 490 g/mol. The van der Waals surface area contributed by atoms with Crippen LogP contribution in [0.25, 0.3) is 10.9 Å². The molecule has 2 aromatic heterocycles. The number of aromatic amines is 1. The van der Waals surface area contributed by atoms with Gasteiger partial charge in [-0.3, -0.25) is 9.69 Å². The van der Waals surface area contributed by atoms with Gasteiger partial charge in [0.25, 0.3) is 5.56 Å². The Bertz CT molecular complexity index is 1420. The van der Waals surface area contributed by atoms with Crippen LogP contribution < -0.4 is 15.0 Å². The number of aromatic nitrogens is 5. The van der Waals surface area contributed by atoms with Gasteiger partial charge in [0, 0.05) is 31.3 Å². The second kappa shape index (κ2) is 10.5. The molecular weight excluding hydrogens is 460 g/mol. The number of nitrogens with zero attached hydrogens (tertiary/aromatic N) is 5. The molecule has 10 nitrogen and oxygen atoms in total. The average molecular weight is 491 g/mol. The minimum absolute atomic E-state index is 0.0994. The van der Waals surface area contributed by atoms with E-state index in [0.29, 0.717) is 31.8 Å². The Kier molecular flexibility index (Phi) is 6.97. The highest BCUT2D eigenvalue weighted by atomic mass is 16.7. The van der Waals surface area contributed by atoms with Crippen LogP contribution in [-0.4, -0.2) is 50.6 Å². The van der Waals surface area contributed by atoms with E-state index in [9.17, 15) is 4.79 Å². The van der Waals surface area contributed by atoms with Crippen LogP contribution in [0.5, 0.6) is 11.5 Å². The van der Waals surface area contributed by atoms with Gasteiger partial charge in [-0.1, -0.05) is 25.1 Å². The maximum absolute atomic E-state index is 13.1. The molecule has 1 aliphatic rings. The topological polar surface area (TPSA) is 107 Å². The molecule has 0 bridgehead atoms. The fourth-order valence-electron chi connectivity index (χ4n) is 4.64. The summed E-state index contributed by atoms with van der Waals surface area (Å²) < 4.78 is 18.1. The first kappa shape index (κ1) is 24.0. The molecule has 0 saturated heterocycles. The molecule has 1 N–H and O–H groups in total. The lowest BCUT2D eigenvalue weighted by atomic mass is 10.1. The molecule has 1 aliphatic heterocycles. The Morgan fingerprint density at radius 2 is 2.00 bits per heavy atom. The lowest BCUT2D eigenvalue weighted by Gasteiger charge is -2.30. The molecule has 2 aromatic carbocycles. The number of hydrogen-bond donors (Lipinski definition) is 1. The molecule has 0 radical (unpaired) electrons. The molecule has 188 valence electrons. The van der Waals surface area contributed by atoms with Crippen molar-refractivity contribution < 1.29 is 14.2 Å². The summed E-state index contributed by atoms with van der Waals surface area (Å²) in [7, 11) is 1.65. The number of nitrogens with one attached hydrogen (secondary N) is 1. The van der Waals surface area contributed by atoms with Crippen LogP contribution in [-0.2, 0) is 24.4 Å². The highest BCUT2D eigenvalue weighted by Gasteiger charge is 2.26. The van der Waals surface area contributed by atoms with Gasteiger partial charge in [0.05, 0.1) is 19.2 Å². The second-order valence-electron chi connectivity index (χ2n) is 8.98. The van der Waals surface area contributed by atoms with E-state index in [0.717, 1.165) is 45.8 Å². The van der Waals surface area contributed by atoms with Gasteiger partial charge in [0.1, 0.15) is 0 Å². The first-order valence-corrected chi connectivity index (χ1v) is 12.1. The number of pyridine rings is 1. The normalized spacial score (nSPS) is 13.6. The van der Waals surface area contributed by atoms with Gasteiger partial charge in [0.15, 0.2) is 17.3 Å². The number of tetrazole rings is 1. The van der Waals surface area contributed by atoms with Crippen molar-refractivity contribution in [3.8, 4) is 11.5 Å². The van der Waals surface area contributed by atoms with Crippen molar-refractivity contribution >= 4 is 10.9 Å². The van der Waals surface area contributed by atoms with E-state index >= 15 is 0 Å². The number of benzene rings is 2. The largest absolute Gasteiger partial charge is 0.454 e. The van der Waals surface area contributed by atoms with E-state index in [1.165, 1.54) is 0 Å². The van der Waals surface area contributed by atoms with Crippen molar-refractivity contribution in [3.05, 3.63) is 75.3 Å². The third-order valence-corrected chi connectivity index (χ3v) is 6.47. The molecule has 0 saturated carbocycles. The predicted octanol–water partition coefficient (Wildman–Crippen LogP) is 3.35. The third kappa shape index (κ3) is 4.95. The number of H-pyrrole nitrogens is 1. The first-order valence-electron chi connectivity index (χ1n) is 12.1. The van der Waals surface area contributed by atoms with Crippen LogP contribution in [0.2, 0.25) is 0 Å². The van der Waals surface area contributed by atoms with Gasteiger partial charge in [0.2, 0.25) is 6.79 Å². The summed E-state index contributed by atoms with van der Waals surface area (Å²) in [5.74, 6) is 2.20. The molecule has 4 aromatic rings. The van der Waals surface area contributed by atoms with E-state index in [1.807, 2.05) is 49.4 Å². The van der Waals surface area contributed by atoms with Crippen molar-refractivity contribution in [2.45, 2.75) is 45.9 Å². The quantitative estimate of drug-likeness (QED) is 0.361. The summed E-state index contributed by atoms with van der Waals surface area (Å²) in [6, 6.07) is 13.9. The fourth-order valence-corrected chi connectivity index (χ4v) is 4.64. The van der Waals surface area contributed by atoms with Crippen molar-refractivity contribution in [1.29, 1.82) is 0 Å². The lowest BCUT2D eigenvalue weighted by molar-refractivity contribution is 0.150. The van der Waals surface area contributed by atoms with E-state index in [2.05, 4.69) is 32.3 Å². The summed E-state index contributed by atoms with van der Waals surface area (Å²) in [5.41, 5.74) is 3.56. The molecule has 0 spiro atoms. The number of fused-ring (bicyclic) bond motifs is 2. The summed E-state index contributed by atoms with van der Waals surface area (Å²) >= 11 is 0.